The van der Waals surface area contributed by atoms with Crippen LogP contribution in [0.25, 0.3) is 11.1 Å². The maximum atomic E-state index is 15.2. The number of benzene rings is 5. The molecule has 5 aromatic rings. The summed E-state index contributed by atoms with van der Waals surface area (Å²) in [6, 6.07) is 37.1. The number of piperidine rings is 1. The minimum Gasteiger partial charge on any atom is -0.449 e. The van der Waals surface area contributed by atoms with Crippen LogP contribution < -0.4 is 5.32 Å². The molecule has 368 valence electrons. The molecule has 0 bridgehead atoms. The van der Waals surface area contributed by atoms with Gasteiger partial charge in [-0.1, -0.05) is 173 Å². The number of ether oxygens (including phenoxy) is 2. The van der Waals surface area contributed by atoms with Gasteiger partial charge in [-0.15, -0.1) is 0 Å². The maximum absolute atomic E-state index is 15.2. The highest BCUT2D eigenvalue weighted by molar-refractivity contribution is 6.31. The standard InChI is InChI=1S/C58H67ClN4O7/c1-8-40(5)53(60-57(68)69-37-47-45-25-15-13-23-43(45)44-24-14-16-26-46(44)47)56(67)62(7)50(35-38(2)3)54(65)61(6)51(55(66)63-33-19-10-20-34-63)36-52(64)70-58(41-21-11-9-12-22-41,42-31-29-39(4)30-32-42)48-27-17-18-28-49(48)59/h9,11-18,21-32,38,40,47,50-51,53H,8,10,19-20,33-37H2,1-7H3,(H,60,68)/t40-,50-,51-,53-,58?/m0/s1. The molecular formula is C58H67ClN4O7. The van der Waals surface area contributed by atoms with E-state index >= 15 is 4.79 Å². The van der Waals surface area contributed by atoms with E-state index in [0.717, 1.165) is 47.1 Å². The Morgan fingerprint density at radius 2 is 1.27 bits per heavy atom. The highest BCUT2D eigenvalue weighted by Crippen LogP contribution is 2.46. The Labute approximate surface area is 418 Å². The number of aryl methyl sites for hydroxylation is 1. The topological polar surface area (TPSA) is 126 Å². The largest absolute Gasteiger partial charge is 0.449 e. The van der Waals surface area contributed by atoms with E-state index in [1.807, 2.05) is 144 Å². The van der Waals surface area contributed by atoms with Crippen molar-refractivity contribution in [1.29, 1.82) is 0 Å². The smallest absolute Gasteiger partial charge is 0.407 e. The fourth-order valence-electron chi connectivity index (χ4n) is 10.0. The van der Waals surface area contributed by atoms with Gasteiger partial charge < -0.3 is 29.5 Å². The third kappa shape index (κ3) is 11.1. The van der Waals surface area contributed by atoms with E-state index in [2.05, 4.69) is 17.4 Å². The Bertz CT molecular complexity index is 2590. The first kappa shape index (κ1) is 51.4. The molecule has 0 spiro atoms. The van der Waals surface area contributed by atoms with Gasteiger partial charge in [0.25, 0.3) is 0 Å². The van der Waals surface area contributed by atoms with E-state index in [1.165, 1.54) is 16.8 Å². The van der Waals surface area contributed by atoms with Gasteiger partial charge in [0.1, 0.15) is 24.7 Å². The van der Waals surface area contributed by atoms with E-state index in [4.69, 9.17) is 21.1 Å². The second-order valence-electron chi connectivity index (χ2n) is 19.3. The van der Waals surface area contributed by atoms with E-state index in [0.29, 0.717) is 41.2 Å². The van der Waals surface area contributed by atoms with Crippen LogP contribution in [0.4, 0.5) is 4.79 Å². The van der Waals surface area contributed by atoms with Gasteiger partial charge in [0.05, 0.1) is 6.42 Å². The Kier molecular flexibility index (Phi) is 16.9. The van der Waals surface area contributed by atoms with Crippen molar-refractivity contribution >= 4 is 41.4 Å². The SMILES string of the molecule is CC[C@H](C)[C@H](NC(=O)OCC1c2ccccc2-c2ccccc21)C(=O)N(C)[C@@H](CC(C)C)C(=O)N(C)[C@@H](CC(=O)OC(c1ccccc1)(c1ccc(C)cc1)c1ccccc1Cl)C(=O)N1CCCCC1. The summed E-state index contributed by atoms with van der Waals surface area (Å²) < 4.78 is 12.7. The molecule has 1 N–H and O–H groups in total. The summed E-state index contributed by atoms with van der Waals surface area (Å²) in [7, 11) is 3.08. The third-order valence-corrected chi connectivity index (χ3v) is 14.5. The van der Waals surface area contributed by atoms with Crippen LogP contribution in [0.3, 0.4) is 0 Å². The lowest BCUT2D eigenvalue weighted by Gasteiger charge is -2.39. The number of rotatable bonds is 18. The lowest BCUT2D eigenvalue weighted by atomic mass is 9.79. The van der Waals surface area contributed by atoms with Crippen molar-refractivity contribution in [1.82, 2.24) is 20.0 Å². The molecule has 5 atom stereocenters. The molecule has 0 aromatic heterocycles. The monoisotopic (exact) mass is 966 g/mol. The number of carbonyl (C=O) groups is 5. The summed E-state index contributed by atoms with van der Waals surface area (Å²) >= 11 is 6.99. The zero-order chi connectivity index (χ0) is 50.1. The van der Waals surface area contributed by atoms with Crippen molar-refractivity contribution in [2.45, 2.75) is 103 Å². The van der Waals surface area contributed by atoms with Crippen molar-refractivity contribution < 1.29 is 33.4 Å². The van der Waals surface area contributed by atoms with Crippen LogP contribution in [-0.4, -0.2) is 96.4 Å². The van der Waals surface area contributed by atoms with Gasteiger partial charge in [-0.05, 0) is 72.8 Å². The van der Waals surface area contributed by atoms with Crippen LogP contribution in [0.2, 0.25) is 5.02 Å². The predicted octanol–water partition coefficient (Wildman–Crippen LogP) is 10.5. The Morgan fingerprint density at radius 1 is 0.714 bits per heavy atom. The summed E-state index contributed by atoms with van der Waals surface area (Å²) in [4.78, 5) is 77.8. The third-order valence-electron chi connectivity index (χ3n) is 14.2. The Balaban J connectivity index is 1.16. The second-order valence-corrected chi connectivity index (χ2v) is 19.8. The maximum Gasteiger partial charge on any atom is 0.407 e. The number of likely N-dealkylation sites (tertiary alicyclic amines) is 1. The molecule has 1 heterocycles. The van der Waals surface area contributed by atoms with Gasteiger partial charge >= 0.3 is 12.1 Å². The van der Waals surface area contributed by atoms with E-state index < -0.39 is 54.0 Å². The molecule has 5 aromatic carbocycles. The quantitative estimate of drug-likeness (QED) is 0.0685. The number of fused-ring (bicyclic) bond motifs is 3. The molecule has 70 heavy (non-hydrogen) atoms. The van der Waals surface area contributed by atoms with E-state index in [-0.39, 0.29) is 36.7 Å². The van der Waals surface area contributed by atoms with Crippen molar-refractivity contribution in [2.75, 3.05) is 33.8 Å². The fraction of sp³-hybridized carbons (Fsp3) is 0.397. The van der Waals surface area contributed by atoms with Gasteiger partial charge in [0.2, 0.25) is 17.7 Å². The van der Waals surface area contributed by atoms with Gasteiger partial charge in [-0.25, -0.2) is 4.79 Å². The second kappa shape index (κ2) is 23.0. The molecule has 1 saturated heterocycles. The first-order chi connectivity index (χ1) is 33.7. The number of carbonyl (C=O) groups excluding carboxylic acids is 5. The zero-order valence-electron chi connectivity index (χ0n) is 41.5. The summed E-state index contributed by atoms with van der Waals surface area (Å²) in [5.41, 5.74) is 5.62. The number of alkyl carbamates (subject to hydrolysis) is 1. The first-order valence-electron chi connectivity index (χ1n) is 24.7. The average Bonchev–Trinajstić information content (AvgIpc) is 3.70. The summed E-state index contributed by atoms with van der Waals surface area (Å²) in [5.74, 6) is -2.66. The van der Waals surface area contributed by atoms with Crippen LogP contribution in [0.15, 0.2) is 127 Å². The molecule has 1 fully saturated rings. The first-order valence-corrected chi connectivity index (χ1v) is 25.1. The predicted molar refractivity (Wildman–Crippen MR) is 274 cm³/mol. The minimum atomic E-state index is -1.54. The normalized spacial score (nSPS) is 15.9. The van der Waals surface area contributed by atoms with Crippen LogP contribution in [0, 0.1) is 18.8 Å². The van der Waals surface area contributed by atoms with E-state index in [1.54, 1.807) is 18.0 Å². The van der Waals surface area contributed by atoms with Crippen molar-refractivity contribution in [3.8, 4) is 11.1 Å². The Morgan fingerprint density at radius 3 is 1.87 bits per heavy atom. The number of nitrogens with one attached hydrogen (secondary N) is 1. The number of halogens is 1. The zero-order valence-corrected chi connectivity index (χ0v) is 42.3. The number of likely N-dealkylation sites (N-methyl/N-ethyl adjacent to an activating group) is 2. The van der Waals surface area contributed by atoms with Gasteiger partial charge in [0.15, 0.2) is 5.60 Å². The molecule has 1 unspecified atom stereocenters. The van der Waals surface area contributed by atoms with Crippen LogP contribution in [0.1, 0.15) is 106 Å². The van der Waals surface area contributed by atoms with Gasteiger partial charge in [0, 0.05) is 54.8 Å². The van der Waals surface area contributed by atoms with Gasteiger partial charge in [-0.3, -0.25) is 19.2 Å². The van der Waals surface area contributed by atoms with Crippen LogP contribution in [0.5, 0.6) is 0 Å². The summed E-state index contributed by atoms with van der Waals surface area (Å²) in [6.45, 7) is 10.7. The fourth-order valence-corrected chi connectivity index (χ4v) is 10.3. The molecule has 0 saturated carbocycles. The summed E-state index contributed by atoms with van der Waals surface area (Å²) in [6.07, 6.45) is 2.12. The molecule has 0 radical (unpaired) electrons. The van der Waals surface area contributed by atoms with Crippen molar-refractivity contribution in [3.05, 3.63) is 166 Å². The lowest BCUT2D eigenvalue weighted by molar-refractivity contribution is -0.161. The molecule has 4 amide bonds. The van der Waals surface area contributed by atoms with E-state index in [9.17, 15) is 19.2 Å². The van der Waals surface area contributed by atoms with Gasteiger partial charge in [-0.2, -0.15) is 0 Å². The number of amides is 4. The van der Waals surface area contributed by atoms with Crippen LogP contribution in [-0.2, 0) is 34.3 Å². The molecule has 12 heteroatoms. The minimum absolute atomic E-state index is 0.0624. The molecule has 2 aliphatic rings. The lowest BCUT2D eigenvalue weighted by Crippen LogP contribution is -2.59. The molecule has 11 nitrogen and oxygen atoms in total. The molecule has 7 rings (SSSR count). The number of hydrogen-bond donors (Lipinski definition) is 1. The highest BCUT2D eigenvalue weighted by Gasteiger charge is 2.45. The summed E-state index contributed by atoms with van der Waals surface area (Å²) in [5, 5.41) is 3.24. The average molecular weight is 968 g/mol. The number of esters is 1. The molecular weight excluding hydrogens is 900 g/mol. The van der Waals surface area contributed by atoms with Crippen LogP contribution >= 0.6 is 11.6 Å². The number of hydrogen-bond acceptors (Lipinski definition) is 7. The molecule has 1 aliphatic carbocycles. The van der Waals surface area contributed by atoms with Crippen molar-refractivity contribution in [2.24, 2.45) is 11.8 Å². The highest BCUT2D eigenvalue weighted by atomic mass is 35.5. The number of nitrogens with zero attached hydrogens (tertiary/aromatic N) is 3. The molecule has 1 aliphatic heterocycles. The van der Waals surface area contributed by atoms with Crippen molar-refractivity contribution in [3.63, 3.8) is 0 Å². The Hall–Kier alpha value is -6.46.